The SMILES string of the molecule is CCCCC(=O)NCC(O)C(F)(F)F. The lowest BCUT2D eigenvalue weighted by Crippen LogP contribution is -2.40. The van der Waals surface area contributed by atoms with Gasteiger partial charge in [-0.3, -0.25) is 4.79 Å². The largest absolute Gasteiger partial charge is 0.416 e. The molecule has 0 aliphatic carbocycles. The van der Waals surface area contributed by atoms with Crippen molar-refractivity contribution in [1.29, 1.82) is 0 Å². The molecule has 0 fully saturated rings. The van der Waals surface area contributed by atoms with Crippen LogP contribution in [-0.4, -0.2) is 29.8 Å². The molecule has 1 unspecified atom stereocenters. The monoisotopic (exact) mass is 213 g/mol. The Bertz CT molecular complexity index is 182. The van der Waals surface area contributed by atoms with Gasteiger partial charge in [0.25, 0.3) is 0 Å². The van der Waals surface area contributed by atoms with E-state index in [0.29, 0.717) is 6.42 Å². The predicted octanol–water partition coefficient (Wildman–Crippen LogP) is 1.22. The molecule has 0 aromatic carbocycles. The number of hydrogen-bond acceptors (Lipinski definition) is 2. The van der Waals surface area contributed by atoms with E-state index in [2.05, 4.69) is 0 Å². The van der Waals surface area contributed by atoms with Crippen molar-refractivity contribution < 1.29 is 23.1 Å². The minimum Gasteiger partial charge on any atom is -0.382 e. The molecule has 14 heavy (non-hydrogen) atoms. The number of carbonyl (C=O) groups is 1. The Hall–Kier alpha value is -0.780. The molecule has 3 nitrogen and oxygen atoms in total. The van der Waals surface area contributed by atoms with Crippen LogP contribution in [0.15, 0.2) is 0 Å². The second-order valence-electron chi connectivity index (χ2n) is 2.97. The number of amides is 1. The molecule has 1 atom stereocenters. The molecule has 0 aliphatic rings. The normalized spacial score (nSPS) is 13.8. The van der Waals surface area contributed by atoms with Crippen molar-refractivity contribution in [3.05, 3.63) is 0 Å². The number of alkyl halides is 3. The van der Waals surface area contributed by atoms with Crippen LogP contribution in [0.1, 0.15) is 26.2 Å². The van der Waals surface area contributed by atoms with E-state index >= 15 is 0 Å². The Kier molecular flexibility index (Phi) is 5.52. The molecule has 0 aromatic heterocycles. The van der Waals surface area contributed by atoms with Gasteiger partial charge in [0.2, 0.25) is 5.91 Å². The zero-order chi connectivity index (χ0) is 11.2. The van der Waals surface area contributed by atoms with Gasteiger partial charge in [0.1, 0.15) is 0 Å². The number of aliphatic hydroxyl groups excluding tert-OH is 1. The molecule has 0 spiro atoms. The van der Waals surface area contributed by atoms with Gasteiger partial charge < -0.3 is 10.4 Å². The van der Waals surface area contributed by atoms with E-state index < -0.39 is 24.7 Å². The molecule has 6 heteroatoms. The maximum atomic E-state index is 11.8. The number of hydrogen-bond donors (Lipinski definition) is 2. The van der Waals surface area contributed by atoms with Crippen LogP contribution in [0.25, 0.3) is 0 Å². The maximum absolute atomic E-state index is 11.8. The highest BCUT2D eigenvalue weighted by Gasteiger charge is 2.38. The number of carbonyl (C=O) groups excluding carboxylic acids is 1. The highest BCUT2D eigenvalue weighted by Crippen LogP contribution is 2.19. The summed E-state index contributed by atoms with van der Waals surface area (Å²) in [7, 11) is 0. The number of halogens is 3. The average molecular weight is 213 g/mol. The Balaban J connectivity index is 3.67. The summed E-state index contributed by atoms with van der Waals surface area (Å²) in [6, 6.07) is 0. The third-order valence-corrected chi connectivity index (χ3v) is 1.63. The van der Waals surface area contributed by atoms with Gasteiger partial charge in [-0.1, -0.05) is 13.3 Å². The number of aliphatic hydroxyl groups is 1. The van der Waals surface area contributed by atoms with Crippen LogP contribution in [0, 0.1) is 0 Å². The molecular formula is C8H14F3NO2. The van der Waals surface area contributed by atoms with Crippen LogP contribution in [0.3, 0.4) is 0 Å². The van der Waals surface area contributed by atoms with Gasteiger partial charge in [-0.05, 0) is 6.42 Å². The molecule has 0 radical (unpaired) electrons. The Morgan fingerprint density at radius 3 is 2.50 bits per heavy atom. The van der Waals surface area contributed by atoms with E-state index in [-0.39, 0.29) is 6.42 Å². The maximum Gasteiger partial charge on any atom is 0.416 e. The van der Waals surface area contributed by atoms with Crippen LogP contribution in [0.4, 0.5) is 13.2 Å². The summed E-state index contributed by atoms with van der Waals surface area (Å²) in [5.74, 6) is -0.463. The molecule has 0 heterocycles. The Labute approximate surface area is 80.3 Å². The van der Waals surface area contributed by atoms with Gasteiger partial charge in [0, 0.05) is 6.42 Å². The van der Waals surface area contributed by atoms with Crippen molar-refractivity contribution in [2.75, 3.05) is 6.54 Å². The van der Waals surface area contributed by atoms with Crippen LogP contribution >= 0.6 is 0 Å². The van der Waals surface area contributed by atoms with Crippen molar-refractivity contribution in [2.24, 2.45) is 0 Å². The van der Waals surface area contributed by atoms with Gasteiger partial charge in [-0.2, -0.15) is 13.2 Å². The molecule has 0 saturated heterocycles. The summed E-state index contributed by atoms with van der Waals surface area (Å²) in [6.07, 6.45) is -5.52. The standard InChI is InChI=1S/C8H14F3NO2/c1-2-3-4-7(14)12-5-6(13)8(9,10)11/h6,13H,2-5H2,1H3,(H,12,14). The van der Waals surface area contributed by atoms with E-state index in [9.17, 15) is 18.0 Å². The Morgan fingerprint density at radius 1 is 1.50 bits per heavy atom. The van der Waals surface area contributed by atoms with Crippen molar-refractivity contribution in [1.82, 2.24) is 5.32 Å². The summed E-state index contributed by atoms with van der Waals surface area (Å²) in [5.41, 5.74) is 0. The highest BCUT2D eigenvalue weighted by atomic mass is 19.4. The van der Waals surface area contributed by atoms with E-state index in [1.54, 1.807) is 0 Å². The van der Waals surface area contributed by atoms with Gasteiger partial charge in [-0.15, -0.1) is 0 Å². The fourth-order valence-corrected chi connectivity index (χ4v) is 0.752. The molecule has 0 rings (SSSR count). The van der Waals surface area contributed by atoms with Crippen LogP contribution in [0.5, 0.6) is 0 Å². The van der Waals surface area contributed by atoms with Crippen molar-refractivity contribution in [3.8, 4) is 0 Å². The molecule has 1 amide bonds. The molecule has 0 bridgehead atoms. The quantitative estimate of drug-likeness (QED) is 0.721. The van der Waals surface area contributed by atoms with E-state index in [4.69, 9.17) is 5.11 Å². The zero-order valence-corrected chi connectivity index (χ0v) is 7.90. The minimum absolute atomic E-state index is 0.196. The lowest BCUT2D eigenvalue weighted by molar-refractivity contribution is -0.201. The first kappa shape index (κ1) is 13.2. The third-order valence-electron chi connectivity index (χ3n) is 1.63. The molecular weight excluding hydrogens is 199 g/mol. The van der Waals surface area contributed by atoms with Crippen LogP contribution in [-0.2, 0) is 4.79 Å². The summed E-state index contributed by atoms with van der Waals surface area (Å²) < 4.78 is 35.3. The van der Waals surface area contributed by atoms with Gasteiger partial charge in [0.15, 0.2) is 6.10 Å². The molecule has 0 aromatic rings. The van der Waals surface area contributed by atoms with E-state index in [0.717, 1.165) is 6.42 Å². The summed E-state index contributed by atoms with van der Waals surface area (Å²) in [5, 5.41) is 10.5. The van der Waals surface area contributed by atoms with Gasteiger partial charge >= 0.3 is 6.18 Å². The zero-order valence-electron chi connectivity index (χ0n) is 7.90. The number of unbranched alkanes of at least 4 members (excludes halogenated alkanes) is 1. The van der Waals surface area contributed by atoms with Crippen molar-refractivity contribution in [2.45, 2.75) is 38.5 Å². The van der Waals surface area contributed by atoms with Gasteiger partial charge in [-0.25, -0.2) is 0 Å². The molecule has 84 valence electrons. The lowest BCUT2D eigenvalue weighted by Gasteiger charge is -2.14. The molecule has 0 aliphatic heterocycles. The highest BCUT2D eigenvalue weighted by molar-refractivity contribution is 5.75. The topological polar surface area (TPSA) is 49.3 Å². The molecule has 0 saturated carbocycles. The van der Waals surface area contributed by atoms with E-state index in [1.165, 1.54) is 0 Å². The van der Waals surface area contributed by atoms with E-state index in [1.807, 2.05) is 12.2 Å². The third kappa shape index (κ3) is 5.80. The predicted molar refractivity (Wildman–Crippen MR) is 44.6 cm³/mol. The second kappa shape index (κ2) is 5.85. The smallest absolute Gasteiger partial charge is 0.382 e. The van der Waals surface area contributed by atoms with Gasteiger partial charge in [0.05, 0.1) is 6.54 Å². The first-order chi connectivity index (χ1) is 6.38. The van der Waals surface area contributed by atoms with Crippen molar-refractivity contribution >= 4 is 5.91 Å². The first-order valence-corrected chi connectivity index (χ1v) is 4.39. The van der Waals surface area contributed by atoms with Crippen molar-refractivity contribution in [3.63, 3.8) is 0 Å². The first-order valence-electron chi connectivity index (χ1n) is 4.39. The fraction of sp³-hybridized carbons (Fsp3) is 0.875. The summed E-state index contributed by atoms with van der Waals surface area (Å²) >= 11 is 0. The van der Waals surface area contributed by atoms with Crippen LogP contribution < -0.4 is 5.32 Å². The average Bonchev–Trinajstić information content (AvgIpc) is 2.09. The summed E-state index contributed by atoms with van der Waals surface area (Å²) in [6.45, 7) is 1.10. The molecule has 2 N–H and O–H groups in total. The number of nitrogens with one attached hydrogen (secondary N) is 1. The lowest BCUT2D eigenvalue weighted by atomic mass is 10.2. The Morgan fingerprint density at radius 2 is 2.07 bits per heavy atom. The minimum atomic E-state index is -4.67. The second-order valence-corrected chi connectivity index (χ2v) is 2.97. The number of rotatable bonds is 5. The summed E-state index contributed by atoms with van der Waals surface area (Å²) in [4.78, 5) is 10.8. The fourth-order valence-electron chi connectivity index (χ4n) is 0.752. The van der Waals surface area contributed by atoms with Crippen LogP contribution in [0.2, 0.25) is 0 Å².